The summed E-state index contributed by atoms with van der Waals surface area (Å²) in [6.07, 6.45) is 9.53. The van der Waals surface area contributed by atoms with Gasteiger partial charge in [-0.15, -0.1) is 0 Å². The third kappa shape index (κ3) is 2.41. The van der Waals surface area contributed by atoms with Gasteiger partial charge in [-0.1, -0.05) is 18.9 Å². The Morgan fingerprint density at radius 3 is 2.71 bits per heavy atom. The van der Waals surface area contributed by atoms with Crippen molar-refractivity contribution in [3.63, 3.8) is 0 Å². The molecule has 0 amide bonds. The van der Waals surface area contributed by atoms with Crippen molar-refractivity contribution in [1.29, 1.82) is 0 Å². The predicted octanol–water partition coefficient (Wildman–Crippen LogP) is 3.20. The summed E-state index contributed by atoms with van der Waals surface area (Å²) in [5.74, 6) is 2.96. The average molecular weight is 210 g/mol. The van der Waals surface area contributed by atoms with Gasteiger partial charge in [0.25, 0.3) is 0 Å². The molecule has 0 N–H and O–H groups in total. The first-order valence-corrected chi connectivity index (χ1v) is 6.84. The summed E-state index contributed by atoms with van der Waals surface area (Å²) in [7, 11) is 0. The van der Waals surface area contributed by atoms with Crippen molar-refractivity contribution in [2.24, 2.45) is 5.92 Å². The van der Waals surface area contributed by atoms with E-state index >= 15 is 0 Å². The highest BCUT2D eigenvalue weighted by Crippen LogP contribution is 2.29. The second kappa shape index (κ2) is 5.01. The zero-order valence-corrected chi connectivity index (χ0v) is 9.44. The number of rotatable bonds is 2. The van der Waals surface area contributed by atoms with Crippen LogP contribution >= 0.6 is 11.8 Å². The molecule has 0 aromatic carbocycles. The molecule has 1 nitrogen and oxygen atoms in total. The molecule has 78 valence electrons. The normalized spacial score (nSPS) is 28.1. The third-order valence-corrected chi connectivity index (χ3v) is 4.39. The highest BCUT2D eigenvalue weighted by atomic mass is 32.2. The van der Waals surface area contributed by atoms with Crippen LogP contribution in [0.1, 0.15) is 38.5 Å². The fourth-order valence-electron chi connectivity index (χ4n) is 2.06. The van der Waals surface area contributed by atoms with E-state index in [9.17, 15) is 4.79 Å². The lowest BCUT2D eigenvalue weighted by Gasteiger charge is -2.25. The van der Waals surface area contributed by atoms with Gasteiger partial charge in [-0.2, -0.15) is 11.8 Å². The van der Waals surface area contributed by atoms with Crippen molar-refractivity contribution in [1.82, 2.24) is 0 Å². The first kappa shape index (κ1) is 10.3. The zero-order valence-electron chi connectivity index (χ0n) is 8.63. The Morgan fingerprint density at radius 2 is 2.00 bits per heavy atom. The van der Waals surface area contributed by atoms with Crippen molar-refractivity contribution < 1.29 is 4.79 Å². The smallest absolute Gasteiger partial charge is 0.163 e. The Hall–Kier alpha value is -0.240. The first-order valence-electron chi connectivity index (χ1n) is 5.69. The van der Waals surface area contributed by atoms with Crippen LogP contribution in [0.15, 0.2) is 11.6 Å². The molecule has 2 heteroatoms. The van der Waals surface area contributed by atoms with Crippen LogP contribution in [-0.2, 0) is 4.79 Å². The molecule has 0 atom stereocenters. The van der Waals surface area contributed by atoms with Gasteiger partial charge >= 0.3 is 0 Å². The van der Waals surface area contributed by atoms with Gasteiger partial charge in [0.2, 0.25) is 0 Å². The van der Waals surface area contributed by atoms with Crippen molar-refractivity contribution in [3.05, 3.63) is 11.6 Å². The summed E-state index contributed by atoms with van der Waals surface area (Å²) in [6.45, 7) is 0. The summed E-state index contributed by atoms with van der Waals surface area (Å²) in [6, 6.07) is 0. The molecule has 1 aliphatic carbocycles. The minimum Gasteiger partial charge on any atom is -0.294 e. The summed E-state index contributed by atoms with van der Waals surface area (Å²) >= 11 is 1.90. The van der Waals surface area contributed by atoms with E-state index in [1.165, 1.54) is 25.7 Å². The average Bonchev–Trinajstić information content (AvgIpc) is 1.99. The molecule has 0 aromatic heterocycles. The fraction of sp³-hybridized carbons (Fsp3) is 0.750. The summed E-state index contributed by atoms with van der Waals surface area (Å²) in [5, 5.41) is 0. The minimum absolute atomic E-state index is 0.366. The van der Waals surface area contributed by atoms with E-state index < -0.39 is 0 Å². The monoisotopic (exact) mass is 210 g/mol. The number of hydrogen-bond donors (Lipinski definition) is 0. The molecule has 14 heavy (non-hydrogen) atoms. The molecule has 0 saturated carbocycles. The Balaban J connectivity index is 1.95. The maximum absolute atomic E-state index is 12.0. The molecule has 0 spiro atoms. The summed E-state index contributed by atoms with van der Waals surface area (Å²) < 4.78 is 0. The highest BCUT2D eigenvalue weighted by Gasteiger charge is 2.27. The van der Waals surface area contributed by atoms with Crippen LogP contribution in [0.5, 0.6) is 0 Å². The largest absolute Gasteiger partial charge is 0.294 e. The second-order valence-electron chi connectivity index (χ2n) is 4.28. The molecule has 2 rings (SSSR count). The van der Waals surface area contributed by atoms with Crippen LogP contribution in [0.4, 0.5) is 0 Å². The van der Waals surface area contributed by atoms with Gasteiger partial charge in [0.1, 0.15) is 0 Å². The molecule has 2 aliphatic rings. The molecule has 0 radical (unpaired) electrons. The van der Waals surface area contributed by atoms with E-state index in [1.807, 2.05) is 11.8 Å². The lowest BCUT2D eigenvalue weighted by molar-refractivity contribution is -0.118. The topological polar surface area (TPSA) is 17.1 Å². The van der Waals surface area contributed by atoms with E-state index in [-0.39, 0.29) is 0 Å². The van der Waals surface area contributed by atoms with Crippen molar-refractivity contribution in [2.75, 3.05) is 11.5 Å². The maximum atomic E-state index is 12.0. The Labute approximate surface area is 90.3 Å². The third-order valence-electron chi connectivity index (χ3n) is 3.12. The summed E-state index contributed by atoms with van der Waals surface area (Å²) in [4.78, 5) is 12.0. The van der Waals surface area contributed by atoms with Gasteiger partial charge in [0, 0.05) is 17.4 Å². The van der Waals surface area contributed by atoms with E-state index in [0.717, 1.165) is 29.9 Å². The molecular formula is C12H18OS. The maximum Gasteiger partial charge on any atom is 0.163 e. The van der Waals surface area contributed by atoms with Crippen LogP contribution in [0.25, 0.3) is 0 Å². The van der Waals surface area contributed by atoms with E-state index in [2.05, 4.69) is 6.08 Å². The van der Waals surface area contributed by atoms with Gasteiger partial charge < -0.3 is 0 Å². The number of carbonyl (C=O) groups is 1. The van der Waals surface area contributed by atoms with Crippen LogP contribution in [0, 0.1) is 5.92 Å². The minimum atomic E-state index is 0.366. The number of allylic oxidation sites excluding steroid dienone is 2. The molecule has 0 unspecified atom stereocenters. The van der Waals surface area contributed by atoms with E-state index in [1.54, 1.807) is 0 Å². The van der Waals surface area contributed by atoms with Crippen LogP contribution < -0.4 is 0 Å². The molecule has 1 fully saturated rings. The van der Waals surface area contributed by atoms with Gasteiger partial charge in [0.15, 0.2) is 5.78 Å². The van der Waals surface area contributed by atoms with Crippen LogP contribution in [0.3, 0.4) is 0 Å². The lowest BCUT2D eigenvalue weighted by atomic mass is 9.92. The number of hydrogen-bond acceptors (Lipinski definition) is 2. The van der Waals surface area contributed by atoms with Gasteiger partial charge in [-0.05, 0) is 31.3 Å². The number of carbonyl (C=O) groups excluding carboxylic acids is 1. The molecule has 0 bridgehead atoms. The Kier molecular flexibility index (Phi) is 3.68. The molecule has 1 aliphatic heterocycles. The zero-order chi connectivity index (χ0) is 9.80. The van der Waals surface area contributed by atoms with Gasteiger partial charge in [-0.25, -0.2) is 0 Å². The van der Waals surface area contributed by atoms with Gasteiger partial charge in [0.05, 0.1) is 0 Å². The fourth-order valence-corrected chi connectivity index (χ4v) is 2.84. The number of thioether (sulfide) groups is 1. The quantitative estimate of drug-likeness (QED) is 0.696. The standard InChI is InChI=1S/C12H18OS/c13-12(11-8-14-9-11)10-6-4-2-1-3-5-7-10/h6,11H,1-5,7-9H2/b10-6+. The van der Waals surface area contributed by atoms with Crippen LogP contribution in [-0.4, -0.2) is 17.3 Å². The molecular weight excluding hydrogens is 192 g/mol. The van der Waals surface area contributed by atoms with Crippen molar-refractivity contribution >= 4 is 17.5 Å². The Bertz CT molecular complexity index is 241. The summed E-state index contributed by atoms with van der Waals surface area (Å²) in [5.41, 5.74) is 1.15. The molecule has 1 saturated heterocycles. The van der Waals surface area contributed by atoms with Crippen LogP contribution in [0.2, 0.25) is 0 Å². The predicted molar refractivity (Wildman–Crippen MR) is 61.6 cm³/mol. The van der Waals surface area contributed by atoms with E-state index in [0.29, 0.717) is 11.7 Å². The van der Waals surface area contributed by atoms with Crippen molar-refractivity contribution in [3.8, 4) is 0 Å². The molecule has 0 aromatic rings. The Morgan fingerprint density at radius 1 is 1.21 bits per heavy atom. The lowest BCUT2D eigenvalue weighted by Crippen LogP contribution is -2.28. The highest BCUT2D eigenvalue weighted by molar-refractivity contribution is 8.00. The van der Waals surface area contributed by atoms with E-state index in [4.69, 9.17) is 0 Å². The van der Waals surface area contributed by atoms with Crippen molar-refractivity contribution in [2.45, 2.75) is 38.5 Å². The van der Waals surface area contributed by atoms with Gasteiger partial charge in [-0.3, -0.25) is 4.79 Å². The second-order valence-corrected chi connectivity index (χ2v) is 5.36. The number of Topliss-reactive ketones (excluding diaryl/α,β-unsaturated/α-hetero) is 1. The molecule has 1 heterocycles. The number of ketones is 1. The first-order chi connectivity index (χ1) is 6.88. The SMILES string of the molecule is O=C(/C1=C/CCCCCC1)C1CSC1.